The smallest absolute Gasteiger partial charge is 0.341 e. The van der Waals surface area contributed by atoms with Gasteiger partial charge in [-0.2, -0.15) is 0 Å². The van der Waals surface area contributed by atoms with E-state index >= 15 is 0 Å². The molecule has 180 valence electrons. The highest BCUT2D eigenvalue weighted by Gasteiger charge is 2.22. The maximum atomic E-state index is 12.7. The zero-order valence-corrected chi connectivity index (χ0v) is 21.5. The van der Waals surface area contributed by atoms with Crippen LogP contribution in [-0.2, 0) is 14.9 Å². The highest BCUT2D eigenvalue weighted by Crippen LogP contribution is 2.36. The monoisotopic (exact) mass is 499 g/mol. The molecule has 0 aliphatic carbocycles. The molecular formula is C27H30ClNO4S. The van der Waals surface area contributed by atoms with Crippen LogP contribution in [-0.4, -0.2) is 25.1 Å². The lowest BCUT2D eigenvalue weighted by atomic mass is 9.87. The van der Waals surface area contributed by atoms with Crippen molar-refractivity contribution < 1.29 is 19.1 Å². The minimum absolute atomic E-state index is 0.0915. The van der Waals surface area contributed by atoms with Crippen molar-refractivity contribution in [1.82, 2.24) is 0 Å². The molecular weight excluding hydrogens is 470 g/mol. The zero-order chi connectivity index (χ0) is 24.7. The average Bonchev–Trinajstić information content (AvgIpc) is 3.20. The van der Waals surface area contributed by atoms with Crippen molar-refractivity contribution in [3.05, 3.63) is 70.1 Å². The number of hydrogen-bond acceptors (Lipinski definition) is 5. The SMILES string of the molecule is CCOC(=O)c1c(-c2ccc(Cl)cc2)csc1NC(=O)CCCOc1ccc(C(C)(C)C)cc1. The Kier molecular flexibility index (Phi) is 8.75. The summed E-state index contributed by atoms with van der Waals surface area (Å²) in [4.78, 5) is 25.2. The number of amides is 1. The maximum absolute atomic E-state index is 12.7. The molecule has 1 aromatic heterocycles. The van der Waals surface area contributed by atoms with Crippen molar-refractivity contribution in [1.29, 1.82) is 0 Å². The first-order valence-electron chi connectivity index (χ1n) is 11.3. The molecule has 0 bridgehead atoms. The van der Waals surface area contributed by atoms with Crippen LogP contribution in [0.2, 0.25) is 5.02 Å². The summed E-state index contributed by atoms with van der Waals surface area (Å²) in [6.45, 7) is 8.92. The minimum Gasteiger partial charge on any atom is -0.494 e. The number of carbonyl (C=O) groups is 2. The van der Waals surface area contributed by atoms with Crippen LogP contribution in [0.25, 0.3) is 11.1 Å². The van der Waals surface area contributed by atoms with Gasteiger partial charge >= 0.3 is 5.97 Å². The summed E-state index contributed by atoms with van der Waals surface area (Å²) < 4.78 is 11.0. The first-order valence-corrected chi connectivity index (χ1v) is 12.5. The first-order chi connectivity index (χ1) is 16.2. The molecule has 0 atom stereocenters. The van der Waals surface area contributed by atoms with Crippen molar-refractivity contribution in [2.75, 3.05) is 18.5 Å². The Labute approximate surface area is 210 Å². The zero-order valence-electron chi connectivity index (χ0n) is 19.9. The molecule has 0 fully saturated rings. The molecule has 1 N–H and O–H groups in total. The Morgan fingerprint density at radius 3 is 2.32 bits per heavy atom. The number of esters is 1. The van der Waals surface area contributed by atoms with Gasteiger partial charge in [-0.15, -0.1) is 11.3 Å². The summed E-state index contributed by atoms with van der Waals surface area (Å²) in [5.74, 6) is 0.136. The van der Waals surface area contributed by atoms with Crippen LogP contribution in [0.1, 0.15) is 56.5 Å². The molecule has 5 nitrogen and oxygen atoms in total. The predicted molar refractivity (Wildman–Crippen MR) is 139 cm³/mol. The fourth-order valence-corrected chi connectivity index (χ4v) is 4.46. The van der Waals surface area contributed by atoms with E-state index in [4.69, 9.17) is 21.1 Å². The van der Waals surface area contributed by atoms with Gasteiger partial charge in [0.2, 0.25) is 5.91 Å². The first kappa shape index (κ1) is 25.8. The summed E-state index contributed by atoms with van der Waals surface area (Å²) in [6, 6.07) is 15.2. The van der Waals surface area contributed by atoms with E-state index < -0.39 is 5.97 Å². The fourth-order valence-electron chi connectivity index (χ4n) is 3.36. The van der Waals surface area contributed by atoms with Gasteiger partial charge < -0.3 is 14.8 Å². The van der Waals surface area contributed by atoms with Crippen LogP contribution in [0.5, 0.6) is 5.75 Å². The second-order valence-electron chi connectivity index (χ2n) is 8.86. The normalized spacial score (nSPS) is 11.2. The van der Waals surface area contributed by atoms with Crippen molar-refractivity contribution in [3.63, 3.8) is 0 Å². The molecule has 1 amide bonds. The Balaban J connectivity index is 1.59. The molecule has 0 saturated carbocycles. The summed E-state index contributed by atoms with van der Waals surface area (Å²) >= 11 is 7.29. The Morgan fingerprint density at radius 2 is 1.71 bits per heavy atom. The van der Waals surface area contributed by atoms with Crippen molar-refractivity contribution in [2.24, 2.45) is 0 Å². The molecule has 0 aliphatic rings. The van der Waals surface area contributed by atoms with Gasteiger partial charge in [0.25, 0.3) is 0 Å². The molecule has 0 radical (unpaired) electrons. The van der Waals surface area contributed by atoms with Crippen LogP contribution in [0.15, 0.2) is 53.9 Å². The Bertz CT molecular complexity index is 1120. The summed E-state index contributed by atoms with van der Waals surface area (Å²) in [7, 11) is 0. The largest absolute Gasteiger partial charge is 0.494 e. The number of anilines is 1. The van der Waals surface area contributed by atoms with Crippen molar-refractivity contribution >= 4 is 39.8 Å². The molecule has 0 saturated heterocycles. The number of thiophene rings is 1. The molecule has 3 rings (SSSR count). The third-order valence-electron chi connectivity index (χ3n) is 5.22. The Hall–Kier alpha value is -2.83. The number of hydrogen-bond donors (Lipinski definition) is 1. The summed E-state index contributed by atoms with van der Waals surface area (Å²) in [6.07, 6.45) is 0.827. The second-order valence-corrected chi connectivity index (χ2v) is 10.2. The number of benzene rings is 2. The lowest BCUT2D eigenvalue weighted by Crippen LogP contribution is -2.15. The van der Waals surface area contributed by atoms with E-state index in [9.17, 15) is 9.59 Å². The molecule has 0 aliphatic heterocycles. The molecule has 3 aromatic rings. The maximum Gasteiger partial charge on any atom is 0.341 e. The van der Waals surface area contributed by atoms with Gasteiger partial charge in [-0.3, -0.25) is 4.79 Å². The highest BCUT2D eigenvalue weighted by molar-refractivity contribution is 7.15. The Morgan fingerprint density at radius 1 is 1.03 bits per heavy atom. The number of ether oxygens (including phenoxy) is 2. The topological polar surface area (TPSA) is 64.6 Å². The van der Waals surface area contributed by atoms with Gasteiger partial charge in [-0.1, -0.05) is 56.6 Å². The van der Waals surface area contributed by atoms with E-state index in [0.717, 1.165) is 11.3 Å². The quantitative estimate of drug-likeness (QED) is 0.247. The van der Waals surface area contributed by atoms with Gasteiger partial charge in [0.05, 0.1) is 13.2 Å². The molecule has 0 spiro atoms. The number of nitrogens with one attached hydrogen (secondary N) is 1. The molecule has 7 heteroatoms. The van der Waals surface area contributed by atoms with E-state index in [1.165, 1.54) is 16.9 Å². The number of halogens is 1. The third-order valence-corrected chi connectivity index (χ3v) is 6.36. The lowest BCUT2D eigenvalue weighted by Gasteiger charge is -2.19. The number of rotatable bonds is 9. The van der Waals surface area contributed by atoms with Crippen molar-refractivity contribution in [2.45, 2.75) is 46.0 Å². The van der Waals surface area contributed by atoms with Crippen LogP contribution in [0, 0.1) is 0 Å². The third kappa shape index (κ3) is 6.84. The fraction of sp³-hybridized carbons (Fsp3) is 0.333. The van der Waals surface area contributed by atoms with Gasteiger partial charge in [-0.05, 0) is 54.2 Å². The van der Waals surface area contributed by atoms with E-state index in [2.05, 4.69) is 38.2 Å². The van der Waals surface area contributed by atoms with Gasteiger partial charge in [0.15, 0.2) is 0 Å². The molecule has 2 aromatic carbocycles. The summed E-state index contributed by atoms with van der Waals surface area (Å²) in [5.41, 5.74) is 3.23. The highest BCUT2D eigenvalue weighted by atomic mass is 35.5. The summed E-state index contributed by atoms with van der Waals surface area (Å²) in [5, 5.41) is 5.80. The van der Waals surface area contributed by atoms with Gasteiger partial charge in [0.1, 0.15) is 16.3 Å². The molecule has 1 heterocycles. The van der Waals surface area contributed by atoms with E-state index in [-0.39, 0.29) is 24.3 Å². The van der Waals surface area contributed by atoms with Crippen LogP contribution >= 0.6 is 22.9 Å². The van der Waals surface area contributed by atoms with E-state index in [0.29, 0.717) is 34.2 Å². The second kappa shape index (κ2) is 11.5. The molecule has 34 heavy (non-hydrogen) atoms. The van der Waals surface area contributed by atoms with E-state index in [1.54, 1.807) is 19.1 Å². The average molecular weight is 500 g/mol. The van der Waals surface area contributed by atoms with Gasteiger partial charge in [0, 0.05) is 22.4 Å². The van der Waals surface area contributed by atoms with E-state index in [1.807, 2.05) is 29.6 Å². The molecule has 0 unspecified atom stereocenters. The van der Waals surface area contributed by atoms with Gasteiger partial charge in [-0.25, -0.2) is 4.79 Å². The lowest BCUT2D eigenvalue weighted by molar-refractivity contribution is -0.116. The standard InChI is InChI=1S/C27H30ClNO4S/c1-5-32-26(31)24-22(18-8-12-20(28)13-9-18)17-34-25(24)29-23(30)7-6-16-33-21-14-10-19(11-15-21)27(2,3)4/h8-15,17H,5-7,16H2,1-4H3,(H,29,30). The number of carbonyl (C=O) groups excluding carboxylic acids is 2. The van der Waals surface area contributed by atoms with Crippen LogP contribution in [0.3, 0.4) is 0 Å². The minimum atomic E-state index is -0.467. The van der Waals surface area contributed by atoms with Crippen molar-refractivity contribution in [3.8, 4) is 16.9 Å². The predicted octanol–water partition coefficient (Wildman–Crippen LogP) is 7.34. The van der Waals surface area contributed by atoms with Crippen LogP contribution in [0.4, 0.5) is 5.00 Å². The van der Waals surface area contributed by atoms with Crippen LogP contribution < -0.4 is 10.1 Å².